The summed E-state index contributed by atoms with van der Waals surface area (Å²) in [5.74, 6) is -1.18. The van der Waals surface area contributed by atoms with E-state index in [1.54, 1.807) is 12.1 Å². The number of hydrogen-bond acceptors (Lipinski definition) is 3. The zero-order valence-electron chi connectivity index (χ0n) is 12.4. The molecule has 1 atom stereocenters. The summed E-state index contributed by atoms with van der Waals surface area (Å²) < 4.78 is 39.4. The molecule has 0 aliphatic rings. The largest absolute Gasteiger partial charge is 0.323 e. The van der Waals surface area contributed by atoms with Crippen LogP contribution in [0.4, 0.5) is 10.1 Å². The number of hydrogen-bond donors (Lipinski definition) is 2. The fourth-order valence-electron chi connectivity index (χ4n) is 1.81. The summed E-state index contributed by atoms with van der Waals surface area (Å²) >= 11 is 11.8. The molecule has 2 aromatic rings. The lowest BCUT2D eigenvalue weighted by Gasteiger charge is -2.15. The van der Waals surface area contributed by atoms with E-state index in [0.29, 0.717) is 0 Å². The van der Waals surface area contributed by atoms with Crippen molar-refractivity contribution in [1.29, 1.82) is 0 Å². The summed E-state index contributed by atoms with van der Waals surface area (Å²) in [5.41, 5.74) is 0.266. The molecule has 0 radical (unpaired) electrons. The van der Waals surface area contributed by atoms with Crippen LogP contribution in [0.5, 0.6) is 0 Å². The summed E-state index contributed by atoms with van der Waals surface area (Å²) in [5, 5.41) is 2.90. The monoisotopic (exact) mass is 390 g/mol. The van der Waals surface area contributed by atoms with Gasteiger partial charge in [-0.2, -0.15) is 4.72 Å². The number of anilines is 1. The Labute approximate surface area is 148 Å². The molecular formula is C15H13Cl2FN2O3S. The third kappa shape index (κ3) is 4.45. The summed E-state index contributed by atoms with van der Waals surface area (Å²) in [7, 11) is -3.97. The van der Waals surface area contributed by atoms with E-state index in [-0.39, 0.29) is 20.6 Å². The standard InChI is InChI=1S/C15H13Cl2FN2O3S/c1-9(15(21)19-13-4-2-3-12(16)14(13)17)20-24(22,23)11-7-5-10(18)6-8-11/h2-9,20H,1H3,(H,19,21). The van der Waals surface area contributed by atoms with Gasteiger partial charge >= 0.3 is 0 Å². The molecule has 5 nitrogen and oxygen atoms in total. The lowest BCUT2D eigenvalue weighted by molar-refractivity contribution is -0.117. The molecule has 0 aromatic heterocycles. The highest BCUT2D eigenvalue weighted by Crippen LogP contribution is 2.29. The number of sulfonamides is 1. The van der Waals surface area contributed by atoms with Crippen LogP contribution in [0.25, 0.3) is 0 Å². The number of amides is 1. The molecule has 1 amide bonds. The van der Waals surface area contributed by atoms with Crippen LogP contribution in [0, 0.1) is 5.82 Å². The highest BCUT2D eigenvalue weighted by Gasteiger charge is 2.22. The van der Waals surface area contributed by atoms with Crippen LogP contribution in [0.3, 0.4) is 0 Å². The molecule has 0 aliphatic heterocycles. The number of nitrogens with one attached hydrogen (secondary N) is 2. The van der Waals surface area contributed by atoms with Crippen LogP contribution in [-0.2, 0) is 14.8 Å². The Hall–Kier alpha value is -1.67. The van der Waals surface area contributed by atoms with Crippen molar-refractivity contribution in [2.75, 3.05) is 5.32 Å². The minimum atomic E-state index is -3.97. The van der Waals surface area contributed by atoms with Crippen molar-refractivity contribution >= 4 is 44.8 Å². The highest BCUT2D eigenvalue weighted by atomic mass is 35.5. The maximum Gasteiger partial charge on any atom is 0.242 e. The van der Waals surface area contributed by atoms with Gasteiger partial charge in [0.05, 0.1) is 26.7 Å². The summed E-state index contributed by atoms with van der Waals surface area (Å²) in [4.78, 5) is 12.0. The number of halogens is 3. The van der Waals surface area contributed by atoms with Crippen molar-refractivity contribution in [1.82, 2.24) is 4.72 Å². The van der Waals surface area contributed by atoms with Gasteiger partial charge in [0.2, 0.25) is 15.9 Å². The van der Waals surface area contributed by atoms with E-state index in [9.17, 15) is 17.6 Å². The van der Waals surface area contributed by atoms with Gasteiger partial charge < -0.3 is 5.32 Å². The van der Waals surface area contributed by atoms with Gasteiger partial charge in [0.25, 0.3) is 0 Å². The number of rotatable bonds is 5. The Balaban J connectivity index is 2.11. The summed E-state index contributed by atoms with van der Waals surface area (Å²) in [6.45, 7) is 1.37. The second-order valence-corrected chi connectivity index (χ2v) is 7.39. The van der Waals surface area contributed by atoms with Gasteiger partial charge in [-0.3, -0.25) is 4.79 Å². The maximum absolute atomic E-state index is 12.9. The van der Waals surface area contributed by atoms with E-state index in [1.807, 2.05) is 0 Å². The molecule has 0 aliphatic carbocycles. The number of benzene rings is 2. The first-order chi connectivity index (χ1) is 11.2. The normalized spacial score (nSPS) is 12.7. The first-order valence-electron chi connectivity index (χ1n) is 6.73. The van der Waals surface area contributed by atoms with Gasteiger partial charge in [-0.15, -0.1) is 0 Å². The topological polar surface area (TPSA) is 75.3 Å². The molecule has 0 spiro atoms. The van der Waals surface area contributed by atoms with Gasteiger partial charge in [0, 0.05) is 0 Å². The van der Waals surface area contributed by atoms with Crippen LogP contribution in [0.1, 0.15) is 6.92 Å². The van der Waals surface area contributed by atoms with Crippen molar-refractivity contribution in [2.45, 2.75) is 17.9 Å². The third-order valence-corrected chi connectivity index (χ3v) is 5.43. The Kier molecular flexibility index (Phi) is 5.82. The average Bonchev–Trinajstić information content (AvgIpc) is 2.51. The van der Waals surface area contributed by atoms with E-state index in [4.69, 9.17) is 23.2 Å². The van der Waals surface area contributed by atoms with Gasteiger partial charge in [-0.1, -0.05) is 29.3 Å². The minimum absolute atomic E-state index is 0.149. The lowest BCUT2D eigenvalue weighted by atomic mass is 10.3. The zero-order valence-corrected chi connectivity index (χ0v) is 14.7. The molecule has 1 unspecified atom stereocenters. The first kappa shape index (κ1) is 18.7. The predicted molar refractivity (Wildman–Crippen MR) is 91.3 cm³/mol. The molecular weight excluding hydrogens is 378 g/mol. The maximum atomic E-state index is 12.9. The van der Waals surface area contributed by atoms with E-state index < -0.39 is 27.8 Å². The van der Waals surface area contributed by atoms with Crippen LogP contribution >= 0.6 is 23.2 Å². The summed E-state index contributed by atoms with van der Waals surface area (Å²) in [6, 6.07) is 7.85. The second kappa shape index (κ2) is 7.48. The molecule has 24 heavy (non-hydrogen) atoms. The Morgan fingerprint density at radius 2 is 1.75 bits per heavy atom. The summed E-state index contributed by atoms with van der Waals surface area (Å²) in [6.07, 6.45) is 0. The Morgan fingerprint density at radius 3 is 2.38 bits per heavy atom. The van der Waals surface area contributed by atoms with Gasteiger partial charge in [0.1, 0.15) is 5.82 Å². The molecule has 0 saturated heterocycles. The fourth-order valence-corrected chi connectivity index (χ4v) is 3.36. The van der Waals surface area contributed by atoms with E-state index in [1.165, 1.54) is 13.0 Å². The van der Waals surface area contributed by atoms with E-state index in [2.05, 4.69) is 10.0 Å². The number of carbonyl (C=O) groups excluding carboxylic acids is 1. The highest BCUT2D eigenvalue weighted by molar-refractivity contribution is 7.89. The molecule has 128 valence electrons. The van der Waals surface area contributed by atoms with Crippen LogP contribution < -0.4 is 10.0 Å². The fraction of sp³-hybridized carbons (Fsp3) is 0.133. The van der Waals surface area contributed by atoms with Crippen molar-refractivity contribution < 1.29 is 17.6 Å². The molecule has 2 rings (SSSR count). The van der Waals surface area contributed by atoms with Crippen molar-refractivity contribution in [3.8, 4) is 0 Å². The van der Waals surface area contributed by atoms with Crippen LogP contribution in [0.15, 0.2) is 47.4 Å². The van der Waals surface area contributed by atoms with Gasteiger partial charge in [-0.25, -0.2) is 12.8 Å². The number of carbonyl (C=O) groups is 1. The quantitative estimate of drug-likeness (QED) is 0.820. The van der Waals surface area contributed by atoms with Crippen molar-refractivity contribution in [3.05, 3.63) is 58.3 Å². The second-order valence-electron chi connectivity index (χ2n) is 4.89. The average molecular weight is 391 g/mol. The van der Waals surface area contributed by atoms with E-state index >= 15 is 0 Å². The Bertz CT molecular complexity index is 858. The molecule has 0 fully saturated rings. The molecule has 0 bridgehead atoms. The molecule has 2 aromatic carbocycles. The smallest absolute Gasteiger partial charge is 0.242 e. The molecule has 2 N–H and O–H groups in total. The third-order valence-electron chi connectivity index (χ3n) is 3.06. The molecule has 0 saturated carbocycles. The van der Waals surface area contributed by atoms with Crippen LogP contribution in [-0.4, -0.2) is 20.4 Å². The Morgan fingerprint density at radius 1 is 1.12 bits per heavy atom. The predicted octanol–water partition coefficient (Wildman–Crippen LogP) is 3.44. The first-order valence-corrected chi connectivity index (χ1v) is 8.97. The van der Waals surface area contributed by atoms with Gasteiger partial charge in [0.15, 0.2) is 0 Å². The SMILES string of the molecule is CC(NS(=O)(=O)c1ccc(F)cc1)C(=O)Nc1cccc(Cl)c1Cl. The lowest BCUT2D eigenvalue weighted by Crippen LogP contribution is -2.41. The van der Waals surface area contributed by atoms with Gasteiger partial charge in [-0.05, 0) is 43.3 Å². The van der Waals surface area contributed by atoms with Crippen molar-refractivity contribution in [2.24, 2.45) is 0 Å². The molecule has 0 heterocycles. The zero-order chi connectivity index (χ0) is 17.9. The van der Waals surface area contributed by atoms with Crippen LogP contribution in [0.2, 0.25) is 10.0 Å². The van der Waals surface area contributed by atoms with E-state index in [0.717, 1.165) is 24.3 Å². The minimum Gasteiger partial charge on any atom is -0.323 e. The van der Waals surface area contributed by atoms with Crippen molar-refractivity contribution in [3.63, 3.8) is 0 Å². The molecule has 9 heteroatoms.